The Morgan fingerprint density at radius 3 is 2.78 bits per heavy atom. The maximum Gasteiger partial charge on any atom is 0.295 e. The number of likely N-dealkylation sites (tertiary alicyclic amines) is 1. The maximum atomic E-state index is 13.2. The van der Waals surface area contributed by atoms with E-state index in [-0.39, 0.29) is 11.7 Å². The Hall–Kier alpha value is -1.99. The first-order valence-corrected chi connectivity index (χ1v) is 8.48. The van der Waals surface area contributed by atoms with Gasteiger partial charge in [0.25, 0.3) is 5.69 Å². The van der Waals surface area contributed by atoms with E-state index in [0.29, 0.717) is 12.2 Å². The van der Waals surface area contributed by atoms with Crippen LogP contribution >= 0.6 is 11.3 Å². The first-order chi connectivity index (χ1) is 11.1. The summed E-state index contributed by atoms with van der Waals surface area (Å²) in [7, 11) is 0. The number of halogens is 1. The van der Waals surface area contributed by atoms with Crippen LogP contribution in [0, 0.1) is 15.9 Å². The van der Waals surface area contributed by atoms with E-state index in [2.05, 4.69) is 16.3 Å². The molecule has 23 heavy (non-hydrogen) atoms. The third kappa shape index (κ3) is 3.68. The van der Waals surface area contributed by atoms with E-state index in [0.717, 1.165) is 19.2 Å². The quantitative estimate of drug-likeness (QED) is 0.639. The average molecular weight is 335 g/mol. The predicted octanol–water partition coefficient (Wildman–Crippen LogP) is 4.04. The lowest BCUT2D eigenvalue weighted by molar-refractivity contribution is -0.384. The molecule has 1 unspecified atom stereocenters. The van der Waals surface area contributed by atoms with Gasteiger partial charge in [-0.1, -0.05) is 6.07 Å². The Labute approximate surface area is 137 Å². The zero-order valence-corrected chi connectivity index (χ0v) is 13.4. The van der Waals surface area contributed by atoms with Crippen molar-refractivity contribution in [2.24, 2.45) is 0 Å². The highest BCUT2D eigenvalue weighted by atomic mass is 32.1. The molecule has 1 aliphatic heterocycles. The molecule has 5 nitrogen and oxygen atoms in total. The minimum atomic E-state index is -0.600. The van der Waals surface area contributed by atoms with Gasteiger partial charge in [0.1, 0.15) is 11.5 Å². The summed E-state index contributed by atoms with van der Waals surface area (Å²) in [5.74, 6) is -0.600. The van der Waals surface area contributed by atoms with E-state index in [1.807, 2.05) is 11.4 Å². The molecular formula is C16H18FN3O2S. The number of nitro groups is 1. The number of benzene rings is 1. The fourth-order valence-corrected chi connectivity index (χ4v) is 3.82. The van der Waals surface area contributed by atoms with Crippen molar-refractivity contribution >= 4 is 22.7 Å². The number of thiophene rings is 1. The summed E-state index contributed by atoms with van der Waals surface area (Å²) in [6.07, 6.45) is 2.36. The van der Waals surface area contributed by atoms with Crippen molar-refractivity contribution in [3.63, 3.8) is 0 Å². The second-order valence-corrected chi connectivity index (χ2v) is 6.55. The SMILES string of the molecule is O=[N+]([O-])c1cc(F)ccc1NCC(c1cccs1)N1CCCC1. The molecule has 1 N–H and O–H groups in total. The van der Waals surface area contributed by atoms with E-state index in [9.17, 15) is 14.5 Å². The van der Waals surface area contributed by atoms with Crippen molar-refractivity contribution in [3.8, 4) is 0 Å². The Morgan fingerprint density at radius 1 is 1.35 bits per heavy atom. The fraction of sp³-hybridized carbons (Fsp3) is 0.375. The number of rotatable bonds is 6. The van der Waals surface area contributed by atoms with Crippen molar-refractivity contribution in [2.45, 2.75) is 18.9 Å². The number of anilines is 1. The molecule has 122 valence electrons. The summed E-state index contributed by atoms with van der Waals surface area (Å²) in [5.41, 5.74) is 0.133. The van der Waals surface area contributed by atoms with Crippen LogP contribution in [0.4, 0.5) is 15.8 Å². The van der Waals surface area contributed by atoms with Gasteiger partial charge in [-0.3, -0.25) is 15.0 Å². The number of hydrogen-bond acceptors (Lipinski definition) is 5. The van der Waals surface area contributed by atoms with Crippen molar-refractivity contribution < 1.29 is 9.31 Å². The Kier molecular flexibility index (Phi) is 4.88. The van der Waals surface area contributed by atoms with Crippen LogP contribution in [0.15, 0.2) is 35.7 Å². The van der Waals surface area contributed by atoms with E-state index < -0.39 is 10.7 Å². The zero-order chi connectivity index (χ0) is 16.2. The van der Waals surface area contributed by atoms with Crippen LogP contribution in [0.2, 0.25) is 0 Å². The maximum absolute atomic E-state index is 13.2. The third-order valence-electron chi connectivity index (χ3n) is 4.10. The van der Waals surface area contributed by atoms with Gasteiger partial charge in [0, 0.05) is 11.4 Å². The average Bonchev–Trinajstić information content (AvgIpc) is 3.22. The van der Waals surface area contributed by atoms with E-state index in [1.165, 1.54) is 29.9 Å². The monoisotopic (exact) mass is 335 g/mol. The number of nitro benzene ring substituents is 1. The number of nitrogens with one attached hydrogen (secondary N) is 1. The summed E-state index contributed by atoms with van der Waals surface area (Å²) in [5, 5.41) is 16.3. The number of nitrogens with zero attached hydrogens (tertiary/aromatic N) is 2. The second kappa shape index (κ2) is 7.06. The van der Waals surface area contributed by atoms with Crippen LogP contribution in [0.25, 0.3) is 0 Å². The summed E-state index contributed by atoms with van der Waals surface area (Å²) in [6, 6.07) is 7.92. The molecule has 0 aliphatic carbocycles. The predicted molar refractivity (Wildman–Crippen MR) is 89.4 cm³/mol. The molecule has 1 aromatic carbocycles. The number of hydrogen-bond donors (Lipinski definition) is 1. The van der Waals surface area contributed by atoms with Crippen LogP contribution in [0.5, 0.6) is 0 Å². The molecule has 0 amide bonds. The van der Waals surface area contributed by atoms with Gasteiger partial charge >= 0.3 is 0 Å². The van der Waals surface area contributed by atoms with Gasteiger partial charge in [0.2, 0.25) is 0 Å². The molecule has 1 atom stereocenters. The Bertz CT molecular complexity index is 672. The van der Waals surface area contributed by atoms with Crippen LogP contribution in [-0.4, -0.2) is 29.5 Å². The zero-order valence-electron chi connectivity index (χ0n) is 12.6. The van der Waals surface area contributed by atoms with Gasteiger partial charge < -0.3 is 5.32 Å². The molecule has 1 saturated heterocycles. The molecule has 0 spiro atoms. The Balaban J connectivity index is 1.78. The molecule has 1 fully saturated rings. The van der Waals surface area contributed by atoms with Crippen LogP contribution < -0.4 is 5.32 Å². The van der Waals surface area contributed by atoms with Crippen molar-refractivity contribution in [2.75, 3.05) is 25.0 Å². The van der Waals surface area contributed by atoms with Crippen molar-refractivity contribution in [3.05, 3.63) is 56.5 Å². The molecule has 2 heterocycles. The van der Waals surface area contributed by atoms with E-state index >= 15 is 0 Å². The minimum Gasteiger partial charge on any atom is -0.378 e. The highest BCUT2D eigenvalue weighted by molar-refractivity contribution is 7.10. The van der Waals surface area contributed by atoms with Crippen LogP contribution in [0.3, 0.4) is 0 Å². The highest BCUT2D eigenvalue weighted by Gasteiger charge is 2.25. The van der Waals surface area contributed by atoms with Gasteiger partial charge in [0.15, 0.2) is 0 Å². The van der Waals surface area contributed by atoms with Gasteiger partial charge in [-0.15, -0.1) is 11.3 Å². The third-order valence-corrected chi connectivity index (χ3v) is 5.07. The lowest BCUT2D eigenvalue weighted by Crippen LogP contribution is -2.30. The smallest absolute Gasteiger partial charge is 0.295 e. The van der Waals surface area contributed by atoms with Gasteiger partial charge in [-0.05, 0) is 49.5 Å². The summed E-state index contributed by atoms with van der Waals surface area (Å²) in [4.78, 5) is 14.2. The van der Waals surface area contributed by atoms with Gasteiger partial charge in [-0.25, -0.2) is 4.39 Å². The lowest BCUT2D eigenvalue weighted by atomic mass is 10.2. The van der Waals surface area contributed by atoms with Crippen molar-refractivity contribution in [1.82, 2.24) is 4.90 Å². The van der Waals surface area contributed by atoms with Gasteiger partial charge in [-0.2, -0.15) is 0 Å². The van der Waals surface area contributed by atoms with E-state index in [4.69, 9.17) is 0 Å². The first kappa shape index (κ1) is 15.9. The Morgan fingerprint density at radius 2 is 2.13 bits per heavy atom. The molecule has 0 radical (unpaired) electrons. The molecule has 1 aromatic heterocycles. The normalized spacial score (nSPS) is 16.4. The van der Waals surface area contributed by atoms with E-state index in [1.54, 1.807) is 11.3 Å². The fourth-order valence-electron chi connectivity index (χ4n) is 2.96. The topological polar surface area (TPSA) is 58.4 Å². The molecule has 1 aliphatic rings. The first-order valence-electron chi connectivity index (χ1n) is 7.60. The minimum absolute atomic E-state index is 0.183. The molecule has 3 rings (SSSR count). The molecule has 7 heteroatoms. The van der Waals surface area contributed by atoms with Gasteiger partial charge in [0.05, 0.1) is 17.0 Å². The largest absolute Gasteiger partial charge is 0.378 e. The van der Waals surface area contributed by atoms with Crippen LogP contribution in [-0.2, 0) is 0 Å². The highest BCUT2D eigenvalue weighted by Crippen LogP contribution is 2.31. The molecular weight excluding hydrogens is 317 g/mol. The van der Waals surface area contributed by atoms with Crippen molar-refractivity contribution in [1.29, 1.82) is 0 Å². The molecule has 2 aromatic rings. The summed E-state index contributed by atoms with van der Waals surface area (Å²) >= 11 is 1.69. The molecule has 0 saturated carbocycles. The lowest BCUT2D eigenvalue weighted by Gasteiger charge is -2.27. The standard InChI is InChI=1S/C16H18FN3O2S/c17-12-5-6-13(14(10-12)20(21)22)18-11-15(16-4-3-9-23-16)19-7-1-2-8-19/h3-6,9-10,15,18H,1-2,7-8,11H2. The summed E-state index contributed by atoms with van der Waals surface area (Å²) in [6.45, 7) is 2.64. The molecule has 0 bridgehead atoms. The summed E-state index contributed by atoms with van der Waals surface area (Å²) < 4.78 is 13.2. The van der Waals surface area contributed by atoms with Crippen LogP contribution in [0.1, 0.15) is 23.8 Å². The second-order valence-electron chi connectivity index (χ2n) is 5.57.